The number of aliphatic hydroxyl groups excluding tert-OH is 1. The maximum Gasteiger partial charge on any atom is 0.280 e. The SMILES string of the molecule is CC(C)CO.COC(CCn1cnc2c(=O)[nH]c(N)nc21)CNc1c(N)c(=O)c1=O. The normalized spacial score (nSPS) is 12.2. The van der Waals surface area contributed by atoms with E-state index < -0.39 is 16.4 Å². The van der Waals surface area contributed by atoms with Gasteiger partial charge in [-0.15, -0.1) is 0 Å². The minimum Gasteiger partial charge on any atom is -0.396 e. The van der Waals surface area contributed by atoms with Crippen LogP contribution in [-0.4, -0.2) is 51.0 Å². The molecule has 7 N–H and O–H groups in total. The zero-order chi connectivity index (χ0) is 22.4. The molecule has 0 spiro atoms. The number of nitrogens with two attached hydrogens (primary N) is 2. The molecule has 0 aliphatic rings. The van der Waals surface area contributed by atoms with E-state index in [-0.39, 0.29) is 28.9 Å². The summed E-state index contributed by atoms with van der Waals surface area (Å²) in [6, 6.07) is 0. The fourth-order valence-electron chi connectivity index (χ4n) is 2.52. The largest absolute Gasteiger partial charge is 0.396 e. The van der Waals surface area contributed by atoms with Crippen LogP contribution in [0, 0.1) is 5.92 Å². The standard InChI is InChI=1S/C14H17N7O4.C4H10O/c1-25-6(4-17-8-7(15)10(22)11(8)23)2-3-21-5-18-9-12(21)19-14(16)20-13(9)24;1-4(2)3-5/h5-6,17H,2-4,15H2,1H3,(H3,16,19,20,24);4-5H,3H2,1-2H3. The van der Waals surface area contributed by atoms with Gasteiger partial charge in [-0.05, 0) is 12.3 Å². The lowest BCUT2D eigenvalue weighted by atomic mass is 10.2. The van der Waals surface area contributed by atoms with Gasteiger partial charge in [0.2, 0.25) is 5.95 Å². The van der Waals surface area contributed by atoms with Gasteiger partial charge < -0.3 is 31.2 Å². The quantitative estimate of drug-likeness (QED) is 0.283. The van der Waals surface area contributed by atoms with Gasteiger partial charge in [0.25, 0.3) is 16.4 Å². The first-order chi connectivity index (χ1) is 14.2. The molecule has 0 saturated carbocycles. The zero-order valence-corrected chi connectivity index (χ0v) is 17.1. The van der Waals surface area contributed by atoms with Gasteiger partial charge in [0.1, 0.15) is 11.4 Å². The smallest absolute Gasteiger partial charge is 0.280 e. The fourth-order valence-corrected chi connectivity index (χ4v) is 2.52. The van der Waals surface area contributed by atoms with Crippen LogP contribution in [0.3, 0.4) is 0 Å². The average Bonchev–Trinajstić information content (AvgIpc) is 3.13. The van der Waals surface area contributed by atoms with Crippen LogP contribution in [0.1, 0.15) is 20.3 Å². The number of fused-ring (bicyclic) bond motifs is 1. The third-order valence-corrected chi connectivity index (χ3v) is 4.34. The second-order valence-electron chi connectivity index (χ2n) is 7.11. The van der Waals surface area contributed by atoms with E-state index in [1.54, 1.807) is 4.57 Å². The molecule has 12 nitrogen and oxygen atoms in total. The molecule has 2 heterocycles. The van der Waals surface area contributed by atoms with Crippen molar-refractivity contribution in [2.24, 2.45) is 5.92 Å². The number of aryl methyl sites for hydroxylation is 1. The van der Waals surface area contributed by atoms with Crippen LogP contribution < -0.4 is 33.2 Å². The van der Waals surface area contributed by atoms with Crippen molar-refractivity contribution >= 4 is 28.5 Å². The highest BCUT2D eigenvalue weighted by atomic mass is 16.5. The Morgan fingerprint density at radius 2 is 1.93 bits per heavy atom. The minimum atomic E-state index is -0.671. The number of hydrogen-bond donors (Lipinski definition) is 5. The summed E-state index contributed by atoms with van der Waals surface area (Å²) in [6.07, 6.45) is 1.78. The molecule has 3 rings (SSSR count). The van der Waals surface area contributed by atoms with Crippen LogP contribution in [-0.2, 0) is 11.3 Å². The van der Waals surface area contributed by atoms with Crippen molar-refractivity contribution in [3.05, 3.63) is 37.1 Å². The number of anilines is 3. The van der Waals surface area contributed by atoms with E-state index in [1.807, 2.05) is 13.8 Å². The Kier molecular flexibility index (Phi) is 7.66. The molecule has 2 aromatic heterocycles. The van der Waals surface area contributed by atoms with Crippen molar-refractivity contribution in [2.75, 3.05) is 37.0 Å². The van der Waals surface area contributed by atoms with E-state index in [4.69, 9.17) is 21.3 Å². The summed E-state index contributed by atoms with van der Waals surface area (Å²) in [6.45, 7) is 5.02. The van der Waals surface area contributed by atoms with Gasteiger partial charge in [-0.2, -0.15) is 4.98 Å². The molecule has 0 fully saturated rings. The Morgan fingerprint density at radius 1 is 1.27 bits per heavy atom. The number of nitrogens with one attached hydrogen (secondary N) is 2. The Labute approximate surface area is 171 Å². The number of ether oxygens (including phenoxy) is 1. The average molecular weight is 421 g/mol. The van der Waals surface area contributed by atoms with E-state index in [1.165, 1.54) is 13.4 Å². The van der Waals surface area contributed by atoms with Gasteiger partial charge in [-0.25, -0.2) is 4.98 Å². The van der Waals surface area contributed by atoms with Gasteiger partial charge in [0, 0.05) is 26.8 Å². The van der Waals surface area contributed by atoms with Crippen LogP contribution in [0.4, 0.5) is 17.3 Å². The maximum atomic E-state index is 11.7. The molecular formula is C18H27N7O5. The molecule has 1 unspecified atom stereocenters. The van der Waals surface area contributed by atoms with Crippen LogP contribution in [0.15, 0.2) is 20.7 Å². The Bertz CT molecular complexity index is 1110. The van der Waals surface area contributed by atoms with Crippen LogP contribution in [0.25, 0.3) is 11.2 Å². The summed E-state index contributed by atoms with van der Waals surface area (Å²) < 4.78 is 7.05. The molecular weight excluding hydrogens is 394 g/mol. The number of nitrogen functional groups attached to an aromatic ring is 2. The number of aromatic nitrogens is 4. The molecule has 1 aromatic carbocycles. The number of aliphatic hydroxyl groups is 1. The molecule has 0 bridgehead atoms. The number of methoxy groups -OCH3 is 1. The van der Waals surface area contributed by atoms with Crippen LogP contribution in [0.2, 0.25) is 0 Å². The van der Waals surface area contributed by atoms with E-state index in [9.17, 15) is 14.4 Å². The topological polar surface area (TPSA) is 191 Å². The highest BCUT2D eigenvalue weighted by Crippen LogP contribution is 2.12. The van der Waals surface area contributed by atoms with Gasteiger partial charge in [0.05, 0.1) is 12.4 Å². The predicted octanol–water partition coefficient (Wildman–Crippen LogP) is -0.968. The molecule has 164 valence electrons. The molecule has 0 aliphatic carbocycles. The predicted molar refractivity (Wildman–Crippen MR) is 114 cm³/mol. The lowest BCUT2D eigenvalue weighted by Gasteiger charge is -2.18. The number of rotatable bonds is 8. The molecule has 0 saturated heterocycles. The number of H-pyrrole nitrogens is 1. The first kappa shape index (κ1) is 23.0. The van der Waals surface area contributed by atoms with E-state index in [0.29, 0.717) is 37.7 Å². The number of aromatic amines is 1. The molecule has 0 radical (unpaired) electrons. The van der Waals surface area contributed by atoms with Crippen LogP contribution >= 0.6 is 0 Å². The Morgan fingerprint density at radius 3 is 2.50 bits per heavy atom. The number of hydrogen-bond acceptors (Lipinski definition) is 10. The van der Waals surface area contributed by atoms with Crippen molar-refractivity contribution in [3.63, 3.8) is 0 Å². The monoisotopic (exact) mass is 421 g/mol. The van der Waals surface area contributed by atoms with E-state index >= 15 is 0 Å². The second-order valence-corrected chi connectivity index (χ2v) is 7.11. The van der Waals surface area contributed by atoms with E-state index in [2.05, 4.69) is 20.3 Å². The third-order valence-electron chi connectivity index (χ3n) is 4.34. The highest BCUT2D eigenvalue weighted by molar-refractivity contribution is 5.71. The highest BCUT2D eigenvalue weighted by Gasteiger charge is 2.19. The van der Waals surface area contributed by atoms with E-state index in [0.717, 1.165) is 0 Å². The fraction of sp³-hybridized carbons (Fsp3) is 0.500. The summed E-state index contributed by atoms with van der Waals surface area (Å²) in [7, 11) is 1.53. The second kappa shape index (κ2) is 9.98. The molecule has 3 aromatic rings. The van der Waals surface area contributed by atoms with Crippen molar-refractivity contribution in [1.82, 2.24) is 19.5 Å². The lowest BCUT2D eigenvalue weighted by molar-refractivity contribution is 0.102. The molecule has 1 atom stereocenters. The maximum absolute atomic E-state index is 11.7. The zero-order valence-electron chi connectivity index (χ0n) is 17.1. The summed E-state index contributed by atoms with van der Waals surface area (Å²) >= 11 is 0. The third kappa shape index (κ3) is 5.21. The van der Waals surface area contributed by atoms with Crippen molar-refractivity contribution in [1.29, 1.82) is 0 Å². The summed E-state index contributed by atoms with van der Waals surface area (Å²) in [5, 5.41) is 11.0. The first-order valence-electron chi connectivity index (χ1n) is 9.36. The molecule has 0 amide bonds. The minimum absolute atomic E-state index is 0.0137. The number of nitrogens with zero attached hydrogens (tertiary/aromatic N) is 3. The Balaban J connectivity index is 0.000000575. The molecule has 12 heteroatoms. The Hall–Kier alpha value is -3.25. The van der Waals surface area contributed by atoms with Gasteiger partial charge in [0.15, 0.2) is 11.2 Å². The van der Waals surface area contributed by atoms with Crippen molar-refractivity contribution < 1.29 is 9.84 Å². The van der Waals surface area contributed by atoms with Gasteiger partial charge in [-0.1, -0.05) is 13.8 Å². The van der Waals surface area contributed by atoms with Gasteiger partial charge >= 0.3 is 0 Å². The van der Waals surface area contributed by atoms with Crippen LogP contribution in [0.5, 0.6) is 0 Å². The molecule has 30 heavy (non-hydrogen) atoms. The first-order valence-corrected chi connectivity index (χ1v) is 9.36. The van der Waals surface area contributed by atoms with Crippen molar-refractivity contribution in [3.8, 4) is 0 Å². The molecule has 0 aliphatic heterocycles. The van der Waals surface area contributed by atoms with Crippen molar-refractivity contribution in [2.45, 2.75) is 32.9 Å². The summed E-state index contributed by atoms with van der Waals surface area (Å²) in [5.74, 6) is 0.454. The summed E-state index contributed by atoms with van der Waals surface area (Å²) in [5.41, 5.74) is 9.99. The lowest BCUT2D eigenvalue weighted by Crippen LogP contribution is -2.38. The van der Waals surface area contributed by atoms with Gasteiger partial charge in [-0.3, -0.25) is 19.4 Å². The summed E-state index contributed by atoms with van der Waals surface area (Å²) in [4.78, 5) is 44.7. The number of imidazole rings is 1.